The lowest BCUT2D eigenvalue weighted by atomic mass is 10.2. The lowest BCUT2D eigenvalue weighted by molar-refractivity contribution is 0.102. The van der Waals surface area contributed by atoms with E-state index in [-0.39, 0.29) is 12.7 Å². The SMILES string of the molecule is Cc1cc(C(=O)Nc2ccc3c(c2)OCO3)nc(N(C)Cc2ccccc2)n1. The Kier molecular flexibility index (Phi) is 4.80. The fourth-order valence-electron chi connectivity index (χ4n) is 2.94. The largest absolute Gasteiger partial charge is 0.454 e. The molecule has 28 heavy (non-hydrogen) atoms. The van der Waals surface area contributed by atoms with Gasteiger partial charge in [-0.05, 0) is 30.7 Å². The van der Waals surface area contributed by atoms with Crippen molar-refractivity contribution in [3.8, 4) is 11.5 Å². The van der Waals surface area contributed by atoms with Crippen LogP contribution in [0.2, 0.25) is 0 Å². The van der Waals surface area contributed by atoms with Gasteiger partial charge in [0.05, 0.1) is 0 Å². The first-order valence-corrected chi connectivity index (χ1v) is 8.90. The van der Waals surface area contributed by atoms with Crippen LogP contribution in [0.3, 0.4) is 0 Å². The van der Waals surface area contributed by atoms with Gasteiger partial charge in [0.25, 0.3) is 5.91 Å². The van der Waals surface area contributed by atoms with E-state index in [2.05, 4.69) is 15.3 Å². The van der Waals surface area contributed by atoms with Crippen LogP contribution in [0.1, 0.15) is 21.7 Å². The number of nitrogens with zero attached hydrogens (tertiary/aromatic N) is 3. The fraction of sp³-hybridized carbons (Fsp3) is 0.190. The van der Waals surface area contributed by atoms with Gasteiger partial charge in [-0.2, -0.15) is 0 Å². The number of benzene rings is 2. The van der Waals surface area contributed by atoms with Gasteiger partial charge in [0.1, 0.15) is 5.69 Å². The second-order valence-corrected chi connectivity index (χ2v) is 6.56. The molecule has 3 aromatic rings. The van der Waals surface area contributed by atoms with E-state index in [9.17, 15) is 4.79 Å². The predicted molar refractivity (Wildman–Crippen MR) is 106 cm³/mol. The molecule has 0 saturated carbocycles. The van der Waals surface area contributed by atoms with Crippen molar-refractivity contribution >= 4 is 17.5 Å². The van der Waals surface area contributed by atoms with Gasteiger partial charge in [-0.3, -0.25) is 4.79 Å². The number of carbonyl (C=O) groups excluding carboxylic acids is 1. The monoisotopic (exact) mass is 376 g/mol. The van der Waals surface area contributed by atoms with Crippen molar-refractivity contribution in [1.29, 1.82) is 0 Å². The molecule has 0 bridgehead atoms. The summed E-state index contributed by atoms with van der Waals surface area (Å²) in [5.41, 5.74) is 2.78. The number of ether oxygens (including phenoxy) is 2. The molecule has 1 amide bonds. The van der Waals surface area contributed by atoms with Gasteiger partial charge in [0, 0.05) is 31.0 Å². The van der Waals surface area contributed by atoms with Crippen LogP contribution in [0, 0.1) is 6.92 Å². The Hall–Kier alpha value is -3.61. The van der Waals surface area contributed by atoms with Gasteiger partial charge in [0.15, 0.2) is 11.5 Å². The molecule has 1 aromatic heterocycles. The van der Waals surface area contributed by atoms with Crippen LogP contribution < -0.4 is 19.7 Å². The van der Waals surface area contributed by atoms with Crippen LogP contribution in [0.5, 0.6) is 11.5 Å². The number of aromatic nitrogens is 2. The third-order valence-electron chi connectivity index (χ3n) is 4.31. The summed E-state index contributed by atoms with van der Waals surface area (Å²) >= 11 is 0. The Balaban J connectivity index is 1.52. The van der Waals surface area contributed by atoms with Crippen molar-refractivity contribution in [2.45, 2.75) is 13.5 Å². The molecule has 142 valence electrons. The van der Waals surface area contributed by atoms with E-state index in [0.717, 1.165) is 11.3 Å². The van der Waals surface area contributed by atoms with E-state index in [1.807, 2.05) is 49.2 Å². The number of rotatable bonds is 5. The number of hydrogen-bond acceptors (Lipinski definition) is 6. The molecule has 0 atom stereocenters. The summed E-state index contributed by atoms with van der Waals surface area (Å²) in [6, 6.07) is 17.0. The average molecular weight is 376 g/mol. The van der Waals surface area contributed by atoms with Crippen molar-refractivity contribution in [2.75, 3.05) is 24.1 Å². The second kappa shape index (κ2) is 7.56. The number of anilines is 2. The first-order chi connectivity index (χ1) is 13.6. The molecule has 2 heterocycles. The molecular formula is C21H20N4O3. The van der Waals surface area contributed by atoms with Crippen molar-refractivity contribution in [3.05, 3.63) is 71.5 Å². The number of nitrogens with one attached hydrogen (secondary N) is 1. The standard InChI is InChI=1S/C21H20N4O3/c1-14-10-17(20(26)23-16-8-9-18-19(11-16)28-13-27-18)24-21(22-14)25(2)12-15-6-4-3-5-7-15/h3-11H,12-13H2,1-2H3,(H,23,26). The summed E-state index contributed by atoms with van der Waals surface area (Å²) in [5.74, 6) is 1.47. The zero-order valence-electron chi connectivity index (χ0n) is 15.7. The van der Waals surface area contributed by atoms with Crippen molar-refractivity contribution in [2.24, 2.45) is 0 Å². The van der Waals surface area contributed by atoms with E-state index in [1.54, 1.807) is 24.3 Å². The van der Waals surface area contributed by atoms with Gasteiger partial charge in [0.2, 0.25) is 12.7 Å². The van der Waals surface area contributed by atoms with E-state index >= 15 is 0 Å². The van der Waals surface area contributed by atoms with Crippen LogP contribution in [-0.2, 0) is 6.54 Å². The summed E-state index contributed by atoms with van der Waals surface area (Å²) < 4.78 is 10.6. The molecule has 0 aliphatic carbocycles. The maximum atomic E-state index is 12.7. The fourth-order valence-corrected chi connectivity index (χ4v) is 2.94. The van der Waals surface area contributed by atoms with Gasteiger partial charge < -0.3 is 19.7 Å². The zero-order valence-corrected chi connectivity index (χ0v) is 15.7. The van der Waals surface area contributed by atoms with Gasteiger partial charge in [-0.25, -0.2) is 9.97 Å². The number of fused-ring (bicyclic) bond motifs is 1. The maximum absolute atomic E-state index is 12.7. The normalized spacial score (nSPS) is 11.9. The Labute approximate surface area is 163 Å². The highest BCUT2D eigenvalue weighted by Gasteiger charge is 2.17. The molecule has 1 aliphatic heterocycles. The first-order valence-electron chi connectivity index (χ1n) is 8.90. The molecule has 0 radical (unpaired) electrons. The lowest BCUT2D eigenvalue weighted by Crippen LogP contribution is -2.22. The van der Waals surface area contributed by atoms with E-state index in [0.29, 0.717) is 35.4 Å². The third-order valence-corrected chi connectivity index (χ3v) is 4.31. The van der Waals surface area contributed by atoms with Gasteiger partial charge in [-0.1, -0.05) is 30.3 Å². The summed E-state index contributed by atoms with van der Waals surface area (Å²) in [6.45, 7) is 2.68. The summed E-state index contributed by atoms with van der Waals surface area (Å²) in [6.07, 6.45) is 0. The van der Waals surface area contributed by atoms with Crippen LogP contribution in [-0.4, -0.2) is 29.7 Å². The van der Waals surface area contributed by atoms with Crippen molar-refractivity contribution in [3.63, 3.8) is 0 Å². The Bertz CT molecular complexity index is 1010. The maximum Gasteiger partial charge on any atom is 0.274 e. The number of carbonyl (C=O) groups is 1. The molecule has 2 aromatic carbocycles. The first kappa shape index (κ1) is 17.8. The number of hydrogen-bond donors (Lipinski definition) is 1. The smallest absolute Gasteiger partial charge is 0.274 e. The molecule has 7 nitrogen and oxygen atoms in total. The molecule has 0 spiro atoms. The minimum Gasteiger partial charge on any atom is -0.454 e. The summed E-state index contributed by atoms with van der Waals surface area (Å²) in [5, 5.41) is 2.85. The molecule has 0 unspecified atom stereocenters. The highest BCUT2D eigenvalue weighted by Crippen LogP contribution is 2.34. The number of amides is 1. The Morgan fingerprint density at radius 1 is 1.07 bits per heavy atom. The molecular weight excluding hydrogens is 356 g/mol. The average Bonchev–Trinajstić information content (AvgIpc) is 3.16. The summed E-state index contributed by atoms with van der Waals surface area (Å²) in [7, 11) is 1.90. The molecule has 1 N–H and O–H groups in total. The van der Waals surface area contributed by atoms with Gasteiger partial charge in [-0.15, -0.1) is 0 Å². The molecule has 7 heteroatoms. The highest BCUT2D eigenvalue weighted by atomic mass is 16.7. The highest BCUT2D eigenvalue weighted by molar-refractivity contribution is 6.03. The predicted octanol–water partition coefficient (Wildman–Crippen LogP) is 3.40. The number of aryl methyl sites for hydroxylation is 1. The molecule has 1 aliphatic rings. The van der Waals surface area contributed by atoms with Crippen LogP contribution in [0.25, 0.3) is 0 Å². The zero-order chi connectivity index (χ0) is 19.5. The molecule has 0 saturated heterocycles. The Morgan fingerprint density at radius 2 is 1.86 bits per heavy atom. The van der Waals surface area contributed by atoms with E-state index in [1.165, 1.54) is 0 Å². The Morgan fingerprint density at radius 3 is 2.68 bits per heavy atom. The van der Waals surface area contributed by atoms with E-state index < -0.39 is 0 Å². The lowest BCUT2D eigenvalue weighted by Gasteiger charge is -2.18. The van der Waals surface area contributed by atoms with E-state index in [4.69, 9.17) is 9.47 Å². The van der Waals surface area contributed by atoms with Crippen molar-refractivity contribution < 1.29 is 14.3 Å². The molecule has 0 fully saturated rings. The second-order valence-electron chi connectivity index (χ2n) is 6.56. The minimum atomic E-state index is -0.307. The van der Waals surface area contributed by atoms with Gasteiger partial charge >= 0.3 is 0 Å². The quantitative estimate of drug-likeness (QED) is 0.735. The van der Waals surface area contributed by atoms with Crippen molar-refractivity contribution in [1.82, 2.24) is 9.97 Å². The minimum absolute atomic E-state index is 0.189. The van der Waals surface area contributed by atoms with Crippen LogP contribution in [0.15, 0.2) is 54.6 Å². The van der Waals surface area contributed by atoms with Crippen LogP contribution in [0.4, 0.5) is 11.6 Å². The van der Waals surface area contributed by atoms with Crippen LogP contribution >= 0.6 is 0 Å². The third kappa shape index (κ3) is 3.88. The summed E-state index contributed by atoms with van der Waals surface area (Å²) in [4.78, 5) is 23.5. The topological polar surface area (TPSA) is 76.6 Å². The molecule has 4 rings (SSSR count).